The molecule has 2 aliphatic carbocycles. The zero-order chi connectivity index (χ0) is 19.0. The van der Waals surface area contributed by atoms with Crippen molar-refractivity contribution in [2.24, 2.45) is 11.8 Å². The van der Waals surface area contributed by atoms with Crippen molar-refractivity contribution in [3.8, 4) is 0 Å². The summed E-state index contributed by atoms with van der Waals surface area (Å²) in [6.07, 6.45) is 10.2. The van der Waals surface area contributed by atoms with E-state index in [0.29, 0.717) is 42.6 Å². The fourth-order valence-electron chi connectivity index (χ4n) is 4.89. The number of hydrogen-bond donors (Lipinski definition) is 1. The Morgan fingerprint density at radius 1 is 1.04 bits per heavy atom. The van der Waals surface area contributed by atoms with E-state index < -0.39 is 6.10 Å². The number of nitrogens with zero attached hydrogens (tertiary/aromatic N) is 4. The highest BCUT2D eigenvalue weighted by Crippen LogP contribution is 2.27. The molecule has 1 N–H and O–H groups in total. The van der Waals surface area contributed by atoms with Gasteiger partial charge in [0.05, 0.1) is 19.0 Å². The Morgan fingerprint density at radius 3 is 2.15 bits per heavy atom. The summed E-state index contributed by atoms with van der Waals surface area (Å²) in [6, 6.07) is 0. The van der Waals surface area contributed by atoms with E-state index in [1.165, 1.54) is 30.3 Å². The molecule has 2 fully saturated rings. The van der Waals surface area contributed by atoms with E-state index in [1.807, 2.05) is 0 Å². The molecule has 0 bridgehead atoms. The first kappa shape index (κ1) is 18.5. The van der Waals surface area contributed by atoms with Crippen LogP contribution in [-0.2, 0) is 19.6 Å². The lowest BCUT2D eigenvalue weighted by molar-refractivity contribution is 0.175. The van der Waals surface area contributed by atoms with Crippen LogP contribution in [0.1, 0.15) is 58.3 Å². The third-order valence-electron chi connectivity index (χ3n) is 6.28. The van der Waals surface area contributed by atoms with E-state index in [-0.39, 0.29) is 11.2 Å². The average Bonchev–Trinajstić information content (AvgIpc) is 3.37. The molecule has 2 aromatic heterocycles. The SMILES string of the molecule is CC(O)Cn1cnc2c1c(=O)n(CC1CCCC1)c(=O)n2CC1CCCC1. The highest BCUT2D eigenvalue weighted by atomic mass is 16.3. The van der Waals surface area contributed by atoms with E-state index in [0.717, 1.165) is 25.7 Å². The van der Waals surface area contributed by atoms with Crippen molar-refractivity contribution in [2.45, 2.75) is 84.0 Å². The molecule has 0 aromatic carbocycles. The van der Waals surface area contributed by atoms with Crippen molar-refractivity contribution in [3.05, 3.63) is 27.2 Å². The van der Waals surface area contributed by atoms with Crippen LogP contribution < -0.4 is 11.2 Å². The average molecular weight is 374 g/mol. The monoisotopic (exact) mass is 374 g/mol. The summed E-state index contributed by atoms with van der Waals surface area (Å²) in [5.74, 6) is 0.881. The summed E-state index contributed by atoms with van der Waals surface area (Å²) >= 11 is 0. The summed E-state index contributed by atoms with van der Waals surface area (Å²) in [6.45, 7) is 3.12. The molecule has 2 heterocycles. The molecular weight excluding hydrogens is 344 g/mol. The van der Waals surface area contributed by atoms with Crippen LogP contribution in [0.3, 0.4) is 0 Å². The highest BCUT2D eigenvalue weighted by Gasteiger charge is 2.24. The first-order valence-corrected chi connectivity index (χ1v) is 10.4. The quantitative estimate of drug-likeness (QED) is 0.840. The van der Waals surface area contributed by atoms with E-state index in [9.17, 15) is 14.7 Å². The number of hydrogen-bond acceptors (Lipinski definition) is 4. The molecule has 7 heteroatoms. The van der Waals surface area contributed by atoms with E-state index in [2.05, 4.69) is 4.98 Å². The Hall–Kier alpha value is -1.89. The third-order valence-corrected chi connectivity index (χ3v) is 6.28. The Labute approximate surface area is 158 Å². The minimum Gasteiger partial charge on any atom is -0.392 e. The lowest BCUT2D eigenvalue weighted by Crippen LogP contribution is -2.42. The molecule has 1 atom stereocenters. The maximum Gasteiger partial charge on any atom is 0.332 e. The molecule has 0 amide bonds. The standard InChI is InChI=1S/C20H30N4O3/c1-14(25)10-22-13-21-18-17(22)19(26)24(12-16-8-4-5-9-16)20(27)23(18)11-15-6-2-3-7-15/h13-16,25H,2-12H2,1H3. The van der Waals surface area contributed by atoms with Gasteiger partial charge in [0.15, 0.2) is 11.2 Å². The van der Waals surface area contributed by atoms with Crippen molar-refractivity contribution >= 4 is 11.2 Å². The third kappa shape index (κ3) is 3.61. The van der Waals surface area contributed by atoms with Crippen molar-refractivity contribution < 1.29 is 5.11 Å². The Kier molecular flexibility index (Phi) is 5.21. The van der Waals surface area contributed by atoms with Crippen LogP contribution in [0.5, 0.6) is 0 Å². The maximum absolute atomic E-state index is 13.2. The van der Waals surface area contributed by atoms with Gasteiger partial charge < -0.3 is 9.67 Å². The highest BCUT2D eigenvalue weighted by molar-refractivity contribution is 5.70. The van der Waals surface area contributed by atoms with Gasteiger partial charge in [-0.05, 0) is 44.4 Å². The number of aliphatic hydroxyl groups excluding tert-OH is 1. The van der Waals surface area contributed by atoms with Crippen LogP contribution in [0.15, 0.2) is 15.9 Å². The number of imidazole rings is 1. The smallest absolute Gasteiger partial charge is 0.332 e. The van der Waals surface area contributed by atoms with Crippen molar-refractivity contribution in [1.29, 1.82) is 0 Å². The second-order valence-corrected chi connectivity index (χ2v) is 8.53. The Bertz CT molecular complexity index is 912. The van der Waals surface area contributed by atoms with Gasteiger partial charge >= 0.3 is 5.69 Å². The van der Waals surface area contributed by atoms with Crippen LogP contribution in [0, 0.1) is 11.8 Å². The van der Waals surface area contributed by atoms with Gasteiger partial charge in [-0.2, -0.15) is 0 Å². The lowest BCUT2D eigenvalue weighted by Gasteiger charge is -2.17. The number of aromatic nitrogens is 4. The fourth-order valence-corrected chi connectivity index (χ4v) is 4.89. The van der Waals surface area contributed by atoms with Gasteiger partial charge in [0.2, 0.25) is 0 Å². The second kappa shape index (κ2) is 7.62. The van der Waals surface area contributed by atoms with Gasteiger partial charge in [-0.15, -0.1) is 0 Å². The minimum atomic E-state index is -0.583. The van der Waals surface area contributed by atoms with Gasteiger partial charge in [0.1, 0.15) is 0 Å². The van der Waals surface area contributed by atoms with Crippen LogP contribution in [0.4, 0.5) is 0 Å². The summed E-state index contributed by atoms with van der Waals surface area (Å²) in [4.78, 5) is 30.8. The number of fused-ring (bicyclic) bond motifs is 1. The van der Waals surface area contributed by atoms with Gasteiger partial charge in [0, 0.05) is 13.1 Å². The van der Waals surface area contributed by atoms with Crippen LogP contribution in [-0.4, -0.2) is 29.9 Å². The normalized spacial score (nSPS) is 20.1. The molecule has 0 spiro atoms. The first-order chi connectivity index (χ1) is 13.0. The molecule has 148 valence electrons. The molecule has 1 unspecified atom stereocenters. The summed E-state index contributed by atoms with van der Waals surface area (Å²) in [5.41, 5.74) is 0.447. The zero-order valence-corrected chi connectivity index (χ0v) is 16.1. The van der Waals surface area contributed by atoms with Crippen molar-refractivity contribution in [2.75, 3.05) is 0 Å². The second-order valence-electron chi connectivity index (χ2n) is 8.53. The topological polar surface area (TPSA) is 82.1 Å². The predicted octanol–water partition coefficient (Wildman–Crippen LogP) is 2.12. The van der Waals surface area contributed by atoms with Crippen molar-refractivity contribution in [1.82, 2.24) is 18.7 Å². The molecule has 2 aliphatic rings. The van der Waals surface area contributed by atoms with E-state index in [4.69, 9.17) is 0 Å². The molecule has 0 aliphatic heterocycles. The van der Waals surface area contributed by atoms with Gasteiger partial charge in [-0.3, -0.25) is 13.9 Å². The summed E-state index contributed by atoms with van der Waals surface area (Å²) < 4.78 is 4.87. The van der Waals surface area contributed by atoms with Crippen LogP contribution >= 0.6 is 0 Å². The zero-order valence-electron chi connectivity index (χ0n) is 16.1. The molecule has 0 radical (unpaired) electrons. The van der Waals surface area contributed by atoms with Crippen LogP contribution in [0.2, 0.25) is 0 Å². The lowest BCUT2D eigenvalue weighted by atomic mass is 10.1. The fraction of sp³-hybridized carbons (Fsp3) is 0.750. The van der Waals surface area contributed by atoms with E-state index in [1.54, 1.807) is 22.4 Å². The summed E-state index contributed by atoms with van der Waals surface area (Å²) in [5, 5.41) is 9.80. The van der Waals surface area contributed by atoms with Crippen LogP contribution in [0.25, 0.3) is 11.2 Å². The Balaban J connectivity index is 1.83. The molecular formula is C20H30N4O3. The van der Waals surface area contributed by atoms with E-state index >= 15 is 0 Å². The largest absolute Gasteiger partial charge is 0.392 e. The van der Waals surface area contributed by atoms with Gasteiger partial charge in [-0.25, -0.2) is 9.78 Å². The van der Waals surface area contributed by atoms with Gasteiger partial charge in [0.25, 0.3) is 5.56 Å². The molecule has 27 heavy (non-hydrogen) atoms. The molecule has 0 saturated heterocycles. The number of rotatable bonds is 6. The molecule has 2 saturated carbocycles. The minimum absolute atomic E-state index is 0.214. The molecule has 4 rings (SSSR count). The molecule has 7 nitrogen and oxygen atoms in total. The van der Waals surface area contributed by atoms with Gasteiger partial charge in [-0.1, -0.05) is 25.7 Å². The number of aliphatic hydroxyl groups is 1. The maximum atomic E-state index is 13.2. The Morgan fingerprint density at radius 2 is 1.59 bits per heavy atom. The van der Waals surface area contributed by atoms with Crippen molar-refractivity contribution in [3.63, 3.8) is 0 Å². The summed E-state index contributed by atoms with van der Waals surface area (Å²) in [7, 11) is 0. The first-order valence-electron chi connectivity index (χ1n) is 10.4. The molecule has 2 aromatic rings. The predicted molar refractivity (Wildman–Crippen MR) is 104 cm³/mol.